The van der Waals surface area contributed by atoms with Gasteiger partial charge in [0, 0.05) is 18.2 Å². The van der Waals surface area contributed by atoms with Gasteiger partial charge in [-0.3, -0.25) is 0 Å². The number of carboxylic acids is 1. The van der Waals surface area contributed by atoms with E-state index in [1.807, 2.05) is 6.92 Å². The molecule has 0 spiro atoms. The van der Waals surface area contributed by atoms with Crippen molar-refractivity contribution in [1.82, 2.24) is 0 Å². The molecule has 1 N–H and O–H groups in total. The summed E-state index contributed by atoms with van der Waals surface area (Å²) in [4.78, 5) is 29.5. The second-order valence-electron chi connectivity index (χ2n) is 2.22. The summed E-state index contributed by atoms with van der Waals surface area (Å²) < 4.78 is 3.97. The predicted molar refractivity (Wildman–Crippen MR) is 47.3 cm³/mol. The summed E-state index contributed by atoms with van der Waals surface area (Å²) in [6, 6.07) is 0. The van der Waals surface area contributed by atoms with Gasteiger partial charge >= 0.3 is 17.9 Å². The lowest BCUT2D eigenvalue weighted by Gasteiger charge is -1.80. The van der Waals surface area contributed by atoms with Crippen molar-refractivity contribution < 1.29 is 24.2 Å². The molecule has 1 heterocycles. The van der Waals surface area contributed by atoms with E-state index < -0.39 is 17.9 Å². The largest absolute Gasteiger partial charge is 0.478 e. The highest BCUT2D eigenvalue weighted by atomic mass is 16.6. The molecule has 5 heteroatoms. The Hall–Kier alpha value is -1.91. The van der Waals surface area contributed by atoms with Crippen LogP contribution in [0.1, 0.15) is 13.3 Å². The van der Waals surface area contributed by atoms with E-state index in [0.29, 0.717) is 0 Å². The average molecular weight is 198 g/mol. The zero-order chi connectivity index (χ0) is 11.0. The molecule has 0 radical (unpaired) electrons. The third-order valence-electron chi connectivity index (χ3n) is 1.05. The second kappa shape index (κ2) is 6.59. The van der Waals surface area contributed by atoms with E-state index in [2.05, 4.69) is 4.74 Å². The van der Waals surface area contributed by atoms with Crippen molar-refractivity contribution in [3.8, 4) is 0 Å². The Balaban J connectivity index is 0.000000241. The molecule has 0 saturated carbocycles. The van der Waals surface area contributed by atoms with Gasteiger partial charge in [0.2, 0.25) is 0 Å². The van der Waals surface area contributed by atoms with Crippen molar-refractivity contribution in [3.63, 3.8) is 0 Å². The van der Waals surface area contributed by atoms with Gasteiger partial charge in [0.05, 0.1) is 0 Å². The summed E-state index contributed by atoms with van der Waals surface area (Å²) >= 11 is 0. The third-order valence-corrected chi connectivity index (χ3v) is 1.05. The van der Waals surface area contributed by atoms with Crippen LogP contribution in [0, 0.1) is 0 Å². The van der Waals surface area contributed by atoms with Gasteiger partial charge in [0.15, 0.2) is 0 Å². The van der Waals surface area contributed by atoms with Gasteiger partial charge in [0.25, 0.3) is 0 Å². The zero-order valence-electron chi connectivity index (χ0n) is 7.60. The summed E-state index contributed by atoms with van der Waals surface area (Å²) in [5.74, 6) is -2.03. The zero-order valence-corrected chi connectivity index (χ0v) is 7.60. The van der Waals surface area contributed by atoms with E-state index in [4.69, 9.17) is 5.11 Å². The lowest BCUT2D eigenvalue weighted by molar-refractivity contribution is -0.150. The van der Waals surface area contributed by atoms with Gasteiger partial charge in [-0.1, -0.05) is 13.0 Å². The number of aliphatic carboxylic acids is 1. The number of rotatable bonds is 2. The molecule has 1 aliphatic rings. The monoisotopic (exact) mass is 198 g/mol. The third kappa shape index (κ3) is 6.78. The molecule has 0 aliphatic carbocycles. The normalized spacial score (nSPS) is 13.8. The van der Waals surface area contributed by atoms with Gasteiger partial charge in [-0.25, -0.2) is 14.4 Å². The molecule has 0 saturated heterocycles. The van der Waals surface area contributed by atoms with Crippen LogP contribution >= 0.6 is 0 Å². The van der Waals surface area contributed by atoms with Crippen LogP contribution < -0.4 is 0 Å². The fraction of sp³-hybridized carbons (Fsp3) is 0.222. The standard InChI is InChI=1S/C5H8O2.C4H2O3/c1-2-3-4-5(6)7;5-3-1-2-4(6)7-3/h3-4H,2H2,1H3,(H,6,7);1-2H. The van der Waals surface area contributed by atoms with Gasteiger partial charge in [-0.05, 0) is 6.42 Å². The molecule has 1 aliphatic heterocycles. The lowest BCUT2D eigenvalue weighted by Crippen LogP contribution is -1.96. The minimum absolute atomic E-state index is 0.579. The van der Waals surface area contributed by atoms with Crippen LogP contribution in [0.3, 0.4) is 0 Å². The maximum atomic E-state index is 9.92. The Kier molecular flexibility index (Phi) is 5.69. The number of hydrogen-bond donors (Lipinski definition) is 1. The van der Waals surface area contributed by atoms with Crippen LogP contribution in [0.4, 0.5) is 0 Å². The molecule has 76 valence electrons. The fourth-order valence-electron chi connectivity index (χ4n) is 0.522. The van der Waals surface area contributed by atoms with Crippen molar-refractivity contribution in [2.24, 2.45) is 0 Å². The van der Waals surface area contributed by atoms with E-state index >= 15 is 0 Å². The number of esters is 2. The van der Waals surface area contributed by atoms with E-state index in [1.54, 1.807) is 6.08 Å². The first kappa shape index (κ1) is 12.1. The number of carbonyl (C=O) groups is 3. The highest BCUT2D eigenvalue weighted by Gasteiger charge is 2.10. The van der Waals surface area contributed by atoms with Crippen molar-refractivity contribution in [3.05, 3.63) is 24.3 Å². The van der Waals surface area contributed by atoms with Gasteiger partial charge < -0.3 is 9.84 Å². The van der Waals surface area contributed by atoms with Gasteiger partial charge in [-0.15, -0.1) is 0 Å². The Bertz CT molecular complexity index is 272. The number of cyclic esters (lactones) is 2. The van der Waals surface area contributed by atoms with Crippen molar-refractivity contribution >= 4 is 17.9 Å². The first-order valence-electron chi connectivity index (χ1n) is 3.89. The summed E-state index contributed by atoms with van der Waals surface area (Å²) in [5.41, 5.74) is 0. The molecule has 0 aromatic carbocycles. The van der Waals surface area contributed by atoms with Crippen LogP contribution in [0.25, 0.3) is 0 Å². The molecule has 0 unspecified atom stereocenters. The Labute approximate surface area is 80.7 Å². The smallest absolute Gasteiger partial charge is 0.338 e. The molecular formula is C9H10O5. The van der Waals surface area contributed by atoms with Crippen LogP contribution in [0.5, 0.6) is 0 Å². The van der Waals surface area contributed by atoms with E-state index in [1.165, 1.54) is 0 Å². The highest BCUT2D eigenvalue weighted by Crippen LogP contribution is 1.92. The summed E-state index contributed by atoms with van der Waals surface area (Å²) in [5, 5.41) is 7.96. The highest BCUT2D eigenvalue weighted by molar-refractivity contribution is 6.04. The minimum Gasteiger partial charge on any atom is -0.478 e. The Morgan fingerprint density at radius 3 is 2.07 bits per heavy atom. The van der Waals surface area contributed by atoms with Gasteiger partial charge in [0.1, 0.15) is 0 Å². The molecule has 0 fully saturated rings. The number of carbonyl (C=O) groups excluding carboxylic acids is 2. The lowest BCUT2D eigenvalue weighted by atomic mass is 10.4. The maximum absolute atomic E-state index is 9.92. The first-order valence-corrected chi connectivity index (χ1v) is 3.89. The number of hydrogen-bond acceptors (Lipinski definition) is 4. The number of carboxylic acid groups (broad SMARTS) is 1. The van der Waals surface area contributed by atoms with Crippen LogP contribution in [-0.2, 0) is 19.1 Å². The Morgan fingerprint density at radius 2 is 1.93 bits per heavy atom. The minimum atomic E-state index is -0.873. The topological polar surface area (TPSA) is 80.7 Å². The molecule has 0 aromatic heterocycles. The number of allylic oxidation sites excluding steroid dienone is 1. The molecular weight excluding hydrogens is 188 g/mol. The van der Waals surface area contributed by atoms with Crippen LogP contribution in [0.2, 0.25) is 0 Å². The fourth-order valence-corrected chi connectivity index (χ4v) is 0.522. The summed E-state index contributed by atoms with van der Waals surface area (Å²) in [6.45, 7) is 1.89. The predicted octanol–water partition coefficient (Wildman–Crippen LogP) is 0.663. The summed E-state index contributed by atoms with van der Waals surface area (Å²) in [7, 11) is 0. The van der Waals surface area contributed by atoms with Crippen molar-refractivity contribution in [2.75, 3.05) is 0 Å². The summed E-state index contributed by atoms with van der Waals surface area (Å²) in [6.07, 6.45) is 5.69. The second-order valence-corrected chi connectivity index (χ2v) is 2.22. The Morgan fingerprint density at radius 1 is 1.43 bits per heavy atom. The maximum Gasteiger partial charge on any atom is 0.338 e. The molecule has 1 rings (SSSR count). The molecule has 0 amide bonds. The molecule has 0 bridgehead atoms. The average Bonchev–Trinajstić information content (AvgIpc) is 2.47. The van der Waals surface area contributed by atoms with Gasteiger partial charge in [-0.2, -0.15) is 0 Å². The quantitative estimate of drug-likeness (QED) is 0.400. The van der Waals surface area contributed by atoms with E-state index in [-0.39, 0.29) is 0 Å². The van der Waals surface area contributed by atoms with E-state index in [0.717, 1.165) is 24.6 Å². The van der Waals surface area contributed by atoms with Crippen LogP contribution in [0.15, 0.2) is 24.3 Å². The van der Waals surface area contributed by atoms with E-state index in [9.17, 15) is 14.4 Å². The van der Waals surface area contributed by atoms with Crippen molar-refractivity contribution in [2.45, 2.75) is 13.3 Å². The molecule has 0 aromatic rings. The first-order chi connectivity index (χ1) is 6.56. The SMILES string of the molecule is CCC=CC(=O)O.O=C1C=CC(=O)O1. The number of ether oxygens (including phenoxy) is 1. The molecule has 5 nitrogen and oxygen atoms in total. The van der Waals surface area contributed by atoms with Crippen LogP contribution in [-0.4, -0.2) is 23.0 Å². The van der Waals surface area contributed by atoms with Crippen molar-refractivity contribution in [1.29, 1.82) is 0 Å². The molecule has 0 atom stereocenters. The molecule has 14 heavy (non-hydrogen) atoms.